The van der Waals surface area contributed by atoms with Crippen LogP contribution in [-0.4, -0.2) is 45.3 Å². The SMILES string of the molecule is CCCCC(O)C(O)C(O)CCCO. The van der Waals surface area contributed by atoms with Gasteiger partial charge in [0.25, 0.3) is 0 Å². The zero-order valence-electron chi connectivity index (χ0n) is 8.76. The first-order valence-corrected chi connectivity index (χ1v) is 5.28. The summed E-state index contributed by atoms with van der Waals surface area (Å²) in [6, 6.07) is 0. The van der Waals surface area contributed by atoms with Gasteiger partial charge in [-0.2, -0.15) is 0 Å². The van der Waals surface area contributed by atoms with Gasteiger partial charge in [0, 0.05) is 6.61 Å². The standard InChI is InChI=1S/C10H22O4/c1-2-3-5-8(12)10(14)9(13)6-4-7-11/h8-14H,2-7H2,1H3. The van der Waals surface area contributed by atoms with Crippen molar-refractivity contribution in [2.45, 2.75) is 57.3 Å². The lowest BCUT2D eigenvalue weighted by atomic mass is 10.00. The van der Waals surface area contributed by atoms with Gasteiger partial charge in [-0.1, -0.05) is 19.8 Å². The highest BCUT2D eigenvalue weighted by Crippen LogP contribution is 2.11. The minimum atomic E-state index is -1.09. The van der Waals surface area contributed by atoms with E-state index in [1.54, 1.807) is 0 Å². The molecule has 4 N–H and O–H groups in total. The van der Waals surface area contributed by atoms with Gasteiger partial charge >= 0.3 is 0 Å². The van der Waals surface area contributed by atoms with Crippen LogP contribution in [0.1, 0.15) is 39.0 Å². The van der Waals surface area contributed by atoms with E-state index in [9.17, 15) is 15.3 Å². The van der Waals surface area contributed by atoms with E-state index in [2.05, 4.69) is 0 Å². The fourth-order valence-corrected chi connectivity index (χ4v) is 1.31. The summed E-state index contributed by atoms with van der Waals surface area (Å²) in [6.45, 7) is 2.00. The summed E-state index contributed by atoms with van der Waals surface area (Å²) in [6.07, 6.45) is 0.181. The first kappa shape index (κ1) is 13.8. The molecule has 4 heteroatoms. The molecule has 0 amide bonds. The summed E-state index contributed by atoms with van der Waals surface area (Å²) >= 11 is 0. The number of aliphatic hydroxyl groups is 4. The van der Waals surface area contributed by atoms with Crippen LogP contribution in [0.25, 0.3) is 0 Å². The Morgan fingerprint density at radius 2 is 1.43 bits per heavy atom. The van der Waals surface area contributed by atoms with Gasteiger partial charge in [-0.05, 0) is 19.3 Å². The van der Waals surface area contributed by atoms with Crippen molar-refractivity contribution in [1.82, 2.24) is 0 Å². The molecule has 0 aromatic heterocycles. The third kappa shape index (κ3) is 5.54. The molecule has 0 aliphatic heterocycles. The third-order valence-electron chi connectivity index (χ3n) is 2.30. The lowest BCUT2D eigenvalue weighted by molar-refractivity contribution is -0.0659. The molecule has 0 aromatic rings. The molecule has 4 nitrogen and oxygen atoms in total. The van der Waals surface area contributed by atoms with E-state index in [0.29, 0.717) is 19.3 Å². The molecular weight excluding hydrogens is 184 g/mol. The molecule has 0 aromatic carbocycles. The highest BCUT2D eigenvalue weighted by molar-refractivity contribution is 4.74. The first-order valence-electron chi connectivity index (χ1n) is 5.28. The van der Waals surface area contributed by atoms with Crippen molar-refractivity contribution in [3.63, 3.8) is 0 Å². The van der Waals surface area contributed by atoms with Crippen molar-refractivity contribution < 1.29 is 20.4 Å². The van der Waals surface area contributed by atoms with E-state index >= 15 is 0 Å². The number of unbranched alkanes of at least 4 members (excludes halogenated alkanes) is 1. The largest absolute Gasteiger partial charge is 0.396 e. The summed E-state index contributed by atoms with van der Waals surface area (Å²) < 4.78 is 0. The van der Waals surface area contributed by atoms with Crippen LogP contribution in [0.15, 0.2) is 0 Å². The molecule has 86 valence electrons. The van der Waals surface area contributed by atoms with Crippen LogP contribution in [0.4, 0.5) is 0 Å². The van der Waals surface area contributed by atoms with Crippen molar-refractivity contribution in [2.24, 2.45) is 0 Å². The van der Waals surface area contributed by atoms with Gasteiger partial charge in [0.1, 0.15) is 6.10 Å². The summed E-state index contributed by atoms with van der Waals surface area (Å²) in [4.78, 5) is 0. The normalized spacial score (nSPS) is 17.8. The van der Waals surface area contributed by atoms with Gasteiger partial charge in [0.15, 0.2) is 0 Å². The van der Waals surface area contributed by atoms with Crippen LogP contribution >= 0.6 is 0 Å². The third-order valence-corrected chi connectivity index (χ3v) is 2.30. The van der Waals surface area contributed by atoms with Crippen molar-refractivity contribution in [3.8, 4) is 0 Å². The molecule has 0 radical (unpaired) electrons. The number of hydrogen-bond donors (Lipinski definition) is 4. The highest BCUT2D eigenvalue weighted by Gasteiger charge is 2.23. The maximum absolute atomic E-state index is 9.46. The van der Waals surface area contributed by atoms with Crippen LogP contribution in [0, 0.1) is 0 Å². The van der Waals surface area contributed by atoms with Gasteiger partial charge in [-0.15, -0.1) is 0 Å². The Kier molecular flexibility index (Phi) is 8.08. The van der Waals surface area contributed by atoms with E-state index in [1.165, 1.54) is 0 Å². The average Bonchev–Trinajstić information content (AvgIpc) is 2.21. The molecule has 0 spiro atoms. The Hall–Kier alpha value is -0.160. The molecule has 3 unspecified atom stereocenters. The van der Waals surface area contributed by atoms with Gasteiger partial charge < -0.3 is 20.4 Å². The first-order chi connectivity index (χ1) is 6.63. The van der Waals surface area contributed by atoms with E-state index in [1.807, 2.05) is 6.92 Å². The molecule has 0 aliphatic rings. The molecule has 3 atom stereocenters. The molecule has 0 saturated heterocycles. The Bertz CT molecular complexity index is 115. The van der Waals surface area contributed by atoms with Crippen LogP contribution in [0.5, 0.6) is 0 Å². The Morgan fingerprint density at radius 3 is 1.86 bits per heavy atom. The minimum Gasteiger partial charge on any atom is -0.396 e. The van der Waals surface area contributed by atoms with E-state index in [-0.39, 0.29) is 6.61 Å². The topological polar surface area (TPSA) is 80.9 Å². The summed E-state index contributed by atoms with van der Waals surface area (Å²) in [5.74, 6) is 0. The highest BCUT2D eigenvalue weighted by atomic mass is 16.4. The lowest BCUT2D eigenvalue weighted by Gasteiger charge is -2.22. The summed E-state index contributed by atoms with van der Waals surface area (Å²) in [7, 11) is 0. The minimum absolute atomic E-state index is 0.00512. The van der Waals surface area contributed by atoms with Crippen molar-refractivity contribution in [2.75, 3.05) is 6.61 Å². The second-order valence-electron chi connectivity index (χ2n) is 3.63. The number of rotatable bonds is 8. The van der Waals surface area contributed by atoms with E-state index in [0.717, 1.165) is 12.8 Å². The Morgan fingerprint density at radius 1 is 0.929 bits per heavy atom. The molecule has 0 heterocycles. The molecular formula is C10H22O4. The molecule has 0 saturated carbocycles. The second kappa shape index (κ2) is 8.17. The zero-order valence-corrected chi connectivity index (χ0v) is 8.76. The average molecular weight is 206 g/mol. The number of hydrogen-bond acceptors (Lipinski definition) is 4. The summed E-state index contributed by atoms with van der Waals surface area (Å²) in [5.41, 5.74) is 0. The Labute approximate surface area is 85.2 Å². The van der Waals surface area contributed by atoms with Gasteiger partial charge in [-0.3, -0.25) is 0 Å². The van der Waals surface area contributed by atoms with Crippen molar-refractivity contribution in [3.05, 3.63) is 0 Å². The van der Waals surface area contributed by atoms with Gasteiger partial charge in [-0.25, -0.2) is 0 Å². The quantitative estimate of drug-likeness (QED) is 0.452. The molecule has 0 rings (SSSR count). The zero-order chi connectivity index (χ0) is 11.0. The van der Waals surface area contributed by atoms with E-state index < -0.39 is 18.3 Å². The predicted molar refractivity (Wildman–Crippen MR) is 53.9 cm³/mol. The van der Waals surface area contributed by atoms with Crippen LogP contribution in [-0.2, 0) is 0 Å². The molecule has 0 aliphatic carbocycles. The molecule has 14 heavy (non-hydrogen) atoms. The van der Waals surface area contributed by atoms with Crippen molar-refractivity contribution in [1.29, 1.82) is 0 Å². The predicted octanol–water partition coefficient (Wildman–Crippen LogP) is 0.0318. The van der Waals surface area contributed by atoms with Crippen molar-refractivity contribution >= 4 is 0 Å². The maximum Gasteiger partial charge on any atom is 0.106 e. The van der Waals surface area contributed by atoms with Crippen LogP contribution < -0.4 is 0 Å². The Balaban J connectivity index is 3.72. The smallest absolute Gasteiger partial charge is 0.106 e. The maximum atomic E-state index is 9.46. The molecule has 0 bridgehead atoms. The second-order valence-corrected chi connectivity index (χ2v) is 3.63. The fourth-order valence-electron chi connectivity index (χ4n) is 1.31. The summed E-state index contributed by atoms with van der Waals surface area (Å²) in [5, 5.41) is 36.8. The van der Waals surface area contributed by atoms with Crippen LogP contribution in [0.2, 0.25) is 0 Å². The monoisotopic (exact) mass is 206 g/mol. The van der Waals surface area contributed by atoms with Gasteiger partial charge in [0.2, 0.25) is 0 Å². The van der Waals surface area contributed by atoms with Gasteiger partial charge in [0.05, 0.1) is 12.2 Å². The number of aliphatic hydroxyl groups excluding tert-OH is 4. The molecule has 0 fully saturated rings. The fraction of sp³-hybridized carbons (Fsp3) is 1.00. The van der Waals surface area contributed by atoms with E-state index in [4.69, 9.17) is 5.11 Å². The van der Waals surface area contributed by atoms with Crippen LogP contribution in [0.3, 0.4) is 0 Å². The lowest BCUT2D eigenvalue weighted by Crippen LogP contribution is -2.37.